The van der Waals surface area contributed by atoms with Crippen molar-refractivity contribution in [1.82, 2.24) is 4.31 Å². The van der Waals surface area contributed by atoms with Gasteiger partial charge in [0.15, 0.2) is 0 Å². The number of rotatable bonds is 4. The van der Waals surface area contributed by atoms with E-state index in [9.17, 15) is 13.2 Å². The molecular weight excluding hydrogens is 382 g/mol. The second-order valence-corrected chi connectivity index (χ2v) is 9.46. The molecule has 0 saturated carbocycles. The van der Waals surface area contributed by atoms with Gasteiger partial charge in [-0.2, -0.15) is 4.31 Å². The third-order valence-corrected chi connectivity index (χ3v) is 7.92. The van der Waals surface area contributed by atoms with Gasteiger partial charge >= 0.3 is 5.97 Å². The van der Waals surface area contributed by atoms with Crippen LogP contribution in [0.15, 0.2) is 39.9 Å². The number of carbonyl (C=O) groups is 1. The third kappa shape index (κ3) is 4.06. The largest absolute Gasteiger partial charge is 0.426 e. The number of hydrogen-bond donors (Lipinski definition) is 0. The van der Waals surface area contributed by atoms with Gasteiger partial charge in [0.2, 0.25) is 0 Å². The van der Waals surface area contributed by atoms with Crippen LogP contribution >= 0.6 is 22.9 Å². The van der Waals surface area contributed by atoms with Crippen molar-refractivity contribution in [1.29, 1.82) is 0 Å². The van der Waals surface area contributed by atoms with Gasteiger partial charge in [0.25, 0.3) is 10.0 Å². The van der Waals surface area contributed by atoms with Gasteiger partial charge in [-0.15, -0.1) is 11.3 Å². The Morgan fingerprint density at radius 1 is 1.28 bits per heavy atom. The van der Waals surface area contributed by atoms with Gasteiger partial charge in [-0.05, 0) is 55.0 Å². The average molecular weight is 400 g/mol. The summed E-state index contributed by atoms with van der Waals surface area (Å²) in [6.45, 7) is 2.48. The maximum absolute atomic E-state index is 12.5. The van der Waals surface area contributed by atoms with Gasteiger partial charge in [-0.1, -0.05) is 17.7 Å². The number of sulfonamides is 1. The minimum Gasteiger partial charge on any atom is -0.426 e. The van der Waals surface area contributed by atoms with E-state index in [2.05, 4.69) is 0 Å². The minimum absolute atomic E-state index is 0.300. The SMILES string of the molecule is Cc1cc(OC(=O)C2CCN(S(=O)(=O)c3cccs3)CC2)ccc1Cl. The molecule has 5 nitrogen and oxygen atoms in total. The summed E-state index contributed by atoms with van der Waals surface area (Å²) < 4.78 is 32.2. The summed E-state index contributed by atoms with van der Waals surface area (Å²) in [5.74, 6) is -0.166. The second-order valence-electron chi connectivity index (χ2n) is 5.94. The highest BCUT2D eigenvalue weighted by molar-refractivity contribution is 7.91. The topological polar surface area (TPSA) is 63.7 Å². The Balaban J connectivity index is 1.60. The van der Waals surface area contributed by atoms with E-state index in [4.69, 9.17) is 16.3 Å². The lowest BCUT2D eigenvalue weighted by Gasteiger charge is -2.29. The van der Waals surface area contributed by atoms with E-state index >= 15 is 0 Å². The quantitative estimate of drug-likeness (QED) is 0.580. The highest BCUT2D eigenvalue weighted by atomic mass is 35.5. The number of esters is 1. The lowest BCUT2D eigenvalue weighted by molar-refractivity contribution is -0.140. The Morgan fingerprint density at radius 2 is 2.00 bits per heavy atom. The number of nitrogens with zero attached hydrogens (tertiary/aromatic N) is 1. The zero-order valence-corrected chi connectivity index (χ0v) is 16.0. The molecule has 1 aliphatic rings. The predicted molar refractivity (Wildman–Crippen MR) is 97.6 cm³/mol. The first-order chi connectivity index (χ1) is 11.9. The van der Waals surface area contributed by atoms with E-state index in [1.54, 1.807) is 35.7 Å². The fourth-order valence-corrected chi connectivity index (χ4v) is 5.48. The van der Waals surface area contributed by atoms with Crippen molar-refractivity contribution in [3.63, 3.8) is 0 Å². The molecule has 0 spiro atoms. The number of thiophene rings is 1. The van der Waals surface area contributed by atoms with E-state index in [-0.39, 0.29) is 11.9 Å². The predicted octanol–water partition coefficient (Wildman–Crippen LogP) is 3.72. The molecule has 0 N–H and O–H groups in total. The Hall–Kier alpha value is -1.41. The number of hydrogen-bond acceptors (Lipinski definition) is 5. The van der Waals surface area contributed by atoms with Crippen LogP contribution in [-0.4, -0.2) is 31.8 Å². The van der Waals surface area contributed by atoms with Gasteiger partial charge in [0.05, 0.1) is 5.92 Å². The first kappa shape index (κ1) is 18.4. The number of piperidine rings is 1. The van der Waals surface area contributed by atoms with Crippen LogP contribution in [0, 0.1) is 12.8 Å². The minimum atomic E-state index is -3.45. The third-order valence-electron chi connectivity index (χ3n) is 4.22. The Kier molecular flexibility index (Phi) is 5.48. The number of benzene rings is 1. The van der Waals surface area contributed by atoms with E-state index in [1.165, 1.54) is 15.6 Å². The zero-order valence-electron chi connectivity index (χ0n) is 13.6. The van der Waals surface area contributed by atoms with Crippen molar-refractivity contribution in [3.8, 4) is 5.75 Å². The molecule has 3 rings (SSSR count). The molecule has 1 saturated heterocycles. The molecule has 0 radical (unpaired) electrons. The van der Waals surface area contributed by atoms with Crippen LogP contribution in [0.1, 0.15) is 18.4 Å². The average Bonchev–Trinajstić information content (AvgIpc) is 3.14. The van der Waals surface area contributed by atoms with Crippen LogP contribution in [0.3, 0.4) is 0 Å². The van der Waals surface area contributed by atoms with E-state index in [0.717, 1.165) is 5.56 Å². The van der Waals surface area contributed by atoms with E-state index in [1.807, 2.05) is 6.92 Å². The molecule has 0 unspecified atom stereocenters. The summed E-state index contributed by atoms with van der Waals surface area (Å²) in [5, 5.41) is 2.36. The van der Waals surface area contributed by atoms with Crippen LogP contribution in [0.4, 0.5) is 0 Å². The number of carbonyl (C=O) groups excluding carboxylic acids is 1. The molecule has 1 aromatic heterocycles. The molecule has 0 atom stereocenters. The smallest absolute Gasteiger partial charge is 0.314 e. The summed E-state index contributed by atoms with van der Waals surface area (Å²) in [6.07, 6.45) is 0.909. The molecule has 25 heavy (non-hydrogen) atoms. The Morgan fingerprint density at radius 3 is 2.60 bits per heavy atom. The molecule has 0 amide bonds. The maximum atomic E-state index is 12.5. The van der Waals surface area contributed by atoms with Crippen molar-refractivity contribution in [2.45, 2.75) is 24.0 Å². The van der Waals surface area contributed by atoms with E-state index < -0.39 is 10.0 Å². The first-order valence-electron chi connectivity index (χ1n) is 7.89. The standard InChI is InChI=1S/C17H18ClNO4S2/c1-12-11-14(4-5-15(12)18)23-17(20)13-6-8-19(9-7-13)25(21,22)16-3-2-10-24-16/h2-5,10-11,13H,6-9H2,1H3. The van der Waals surface area contributed by atoms with Crippen LogP contribution < -0.4 is 4.74 Å². The summed E-state index contributed by atoms with van der Waals surface area (Å²) >= 11 is 7.17. The van der Waals surface area contributed by atoms with Gasteiger partial charge in [-0.3, -0.25) is 4.79 Å². The lowest BCUT2D eigenvalue weighted by Crippen LogP contribution is -2.40. The molecule has 134 valence electrons. The molecule has 0 bridgehead atoms. The molecule has 2 aromatic rings. The van der Waals surface area contributed by atoms with Crippen LogP contribution in [0.2, 0.25) is 5.02 Å². The molecule has 0 aliphatic carbocycles. The Labute approximate surface area is 156 Å². The molecule has 2 heterocycles. The Bertz CT molecular complexity index is 857. The molecule has 1 aromatic carbocycles. The number of aryl methyl sites for hydroxylation is 1. The van der Waals surface area contributed by atoms with Crippen molar-refractivity contribution >= 4 is 38.9 Å². The van der Waals surface area contributed by atoms with Crippen LogP contribution in [0.25, 0.3) is 0 Å². The summed E-state index contributed by atoms with van der Waals surface area (Å²) in [5.41, 5.74) is 0.837. The van der Waals surface area contributed by atoms with Crippen molar-refractivity contribution in [2.75, 3.05) is 13.1 Å². The first-order valence-corrected chi connectivity index (χ1v) is 10.6. The second kappa shape index (κ2) is 7.45. The summed E-state index contributed by atoms with van der Waals surface area (Å²) in [6, 6.07) is 8.38. The normalized spacial score (nSPS) is 16.7. The maximum Gasteiger partial charge on any atom is 0.314 e. The van der Waals surface area contributed by atoms with Crippen molar-refractivity contribution < 1.29 is 17.9 Å². The highest BCUT2D eigenvalue weighted by Crippen LogP contribution is 2.28. The lowest BCUT2D eigenvalue weighted by atomic mass is 9.98. The molecule has 1 fully saturated rings. The highest BCUT2D eigenvalue weighted by Gasteiger charge is 2.33. The summed E-state index contributed by atoms with van der Waals surface area (Å²) in [7, 11) is -3.45. The molecule has 8 heteroatoms. The van der Waals surface area contributed by atoms with E-state index in [0.29, 0.717) is 40.9 Å². The zero-order chi connectivity index (χ0) is 18.0. The fourth-order valence-electron chi connectivity index (χ4n) is 2.75. The van der Waals surface area contributed by atoms with Gasteiger partial charge < -0.3 is 4.74 Å². The molecular formula is C17H18ClNO4S2. The van der Waals surface area contributed by atoms with Crippen LogP contribution in [-0.2, 0) is 14.8 Å². The molecule has 1 aliphatic heterocycles. The van der Waals surface area contributed by atoms with Crippen molar-refractivity contribution in [3.05, 3.63) is 46.3 Å². The van der Waals surface area contributed by atoms with Crippen LogP contribution in [0.5, 0.6) is 5.75 Å². The van der Waals surface area contributed by atoms with Gasteiger partial charge in [0, 0.05) is 18.1 Å². The van der Waals surface area contributed by atoms with Crippen molar-refractivity contribution in [2.24, 2.45) is 5.92 Å². The number of ether oxygens (including phenoxy) is 1. The van der Waals surface area contributed by atoms with Gasteiger partial charge in [-0.25, -0.2) is 8.42 Å². The number of halogens is 1. The fraction of sp³-hybridized carbons (Fsp3) is 0.353. The summed E-state index contributed by atoms with van der Waals surface area (Å²) in [4.78, 5) is 12.3. The van der Waals surface area contributed by atoms with Gasteiger partial charge in [0.1, 0.15) is 9.96 Å². The monoisotopic (exact) mass is 399 g/mol.